The van der Waals surface area contributed by atoms with Gasteiger partial charge in [0.05, 0.1) is 12.5 Å². The first-order valence-corrected chi connectivity index (χ1v) is 3.87. The molecule has 0 heterocycles. The Hall–Kier alpha value is -0.550. The molecule has 0 amide bonds. The fourth-order valence-corrected chi connectivity index (χ4v) is 1.11. The molecule has 0 spiro atoms. The molecule has 10 heavy (non-hydrogen) atoms. The van der Waals surface area contributed by atoms with Crippen LogP contribution in [0.15, 0.2) is 0 Å². The van der Waals surface area contributed by atoms with E-state index in [2.05, 4.69) is 31.7 Å². The molecule has 0 saturated carbocycles. The Morgan fingerprint density at radius 3 is 2.20 bits per heavy atom. The standard InChI is InChI=1S/C8H16N2/c1-4-10(5-2)8(3)6-7-9/h8H,4-6H2,1-3H3. The number of nitriles is 1. The summed E-state index contributed by atoms with van der Waals surface area (Å²) >= 11 is 0. The van der Waals surface area contributed by atoms with Gasteiger partial charge in [-0.25, -0.2) is 0 Å². The number of hydrogen-bond acceptors (Lipinski definition) is 2. The zero-order valence-electron chi connectivity index (χ0n) is 7.09. The minimum absolute atomic E-state index is 0.417. The predicted molar refractivity (Wildman–Crippen MR) is 42.6 cm³/mol. The van der Waals surface area contributed by atoms with E-state index in [1.165, 1.54) is 0 Å². The van der Waals surface area contributed by atoms with Crippen molar-refractivity contribution in [3.8, 4) is 6.07 Å². The molecule has 58 valence electrons. The molecule has 0 aromatic rings. The molecule has 0 aliphatic heterocycles. The van der Waals surface area contributed by atoms with Crippen LogP contribution in [0, 0.1) is 11.3 Å². The van der Waals surface area contributed by atoms with Crippen LogP contribution in [0.25, 0.3) is 0 Å². The Labute approximate surface area is 63.4 Å². The van der Waals surface area contributed by atoms with Crippen LogP contribution in [-0.4, -0.2) is 24.0 Å². The van der Waals surface area contributed by atoms with E-state index in [0.29, 0.717) is 12.5 Å². The van der Waals surface area contributed by atoms with Gasteiger partial charge >= 0.3 is 0 Å². The molecule has 1 unspecified atom stereocenters. The van der Waals surface area contributed by atoms with E-state index in [0.717, 1.165) is 13.1 Å². The summed E-state index contributed by atoms with van der Waals surface area (Å²) < 4.78 is 0. The van der Waals surface area contributed by atoms with Crippen molar-refractivity contribution in [2.24, 2.45) is 0 Å². The lowest BCUT2D eigenvalue weighted by atomic mass is 10.2. The van der Waals surface area contributed by atoms with E-state index in [-0.39, 0.29) is 0 Å². The minimum Gasteiger partial charge on any atom is -0.300 e. The molecule has 0 rings (SSSR count). The fourth-order valence-electron chi connectivity index (χ4n) is 1.11. The van der Waals surface area contributed by atoms with E-state index < -0.39 is 0 Å². The molecule has 0 bridgehead atoms. The van der Waals surface area contributed by atoms with Gasteiger partial charge in [-0.1, -0.05) is 13.8 Å². The van der Waals surface area contributed by atoms with Crippen molar-refractivity contribution in [3.05, 3.63) is 0 Å². The summed E-state index contributed by atoms with van der Waals surface area (Å²) in [6.45, 7) is 8.42. The molecule has 0 radical (unpaired) electrons. The van der Waals surface area contributed by atoms with Crippen molar-refractivity contribution in [1.29, 1.82) is 5.26 Å². The number of rotatable bonds is 4. The third-order valence-electron chi connectivity index (χ3n) is 1.82. The molecule has 0 N–H and O–H groups in total. The first-order valence-electron chi connectivity index (χ1n) is 3.87. The minimum atomic E-state index is 0.417. The van der Waals surface area contributed by atoms with Crippen molar-refractivity contribution in [2.45, 2.75) is 33.2 Å². The van der Waals surface area contributed by atoms with Gasteiger partial charge in [0, 0.05) is 6.04 Å². The fraction of sp³-hybridized carbons (Fsp3) is 0.875. The molecule has 2 heteroatoms. The average Bonchev–Trinajstić information content (AvgIpc) is 1.91. The molecular formula is C8H16N2. The molecule has 0 aliphatic carbocycles. The first-order chi connectivity index (χ1) is 4.76. The summed E-state index contributed by atoms with van der Waals surface area (Å²) in [5, 5.41) is 8.40. The second-order valence-corrected chi connectivity index (χ2v) is 2.43. The Kier molecular flexibility index (Phi) is 4.96. The number of nitrogens with zero attached hydrogens (tertiary/aromatic N) is 2. The first kappa shape index (κ1) is 9.45. The predicted octanol–water partition coefficient (Wildman–Crippen LogP) is 1.63. The van der Waals surface area contributed by atoms with Crippen LogP contribution in [0.5, 0.6) is 0 Å². The second-order valence-electron chi connectivity index (χ2n) is 2.43. The lowest BCUT2D eigenvalue weighted by molar-refractivity contribution is 0.234. The second kappa shape index (κ2) is 5.25. The lowest BCUT2D eigenvalue weighted by Crippen LogP contribution is -2.32. The maximum absolute atomic E-state index is 8.40. The normalized spacial score (nSPS) is 13.1. The summed E-state index contributed by atoms with van der Waals surface area (Å²) in [4.78, 5) is 2.28. The maximum Gasteiger partial charge on any atom is 0.0638 e. The molecule has 0 aromatic carbocycles. The van der Waals surface area contributed by atoms with Gasteiger partial charge in [-0.2, -0.15) is 5.26 Å². The van der Waals surface area contributed by atoms with E-state index in [9.17, 15) is 0 Å². The van der Waals surface area contributed by atoms with E-state index >= 15 is 0 Å². The maximum atomic E-state index is 8.40. The van der Waals surface area contributed by atoms with Gasteiger partial charge in [0.25, 0.3) is 0 Å². The van der Waals surface area contributed by atoms with Gasteiger partial charge in [0.1, 0.15) is 0 Å². The highest BCUT2D eigenvalue weighted by molar-refractivity contribution is 4.78. The van der Waals surface area contributed by atoms with Gasteiger partial charge in [0.15, 0.2) is 0 Å². The van der Waals surface area contributed by atoms with Crippen molar-refractivity contribution >= 4 is 0 Å². The zero-order chi connectivity index (χ0) is 7.98. The molecule has 1 atom stereocenters. The topological polar surface area (TPSA) is 27.0 Å². The van der Waals surface area contributed by atoms with Crippen molar-refractivity contribution in [3.63, 3.8) is 0 Å². The van der Waals surface area contributed by atoms with Crippen LogP contribution in [0.2, 0.25) is 0 Å². The zero-order valence-corrected chi connectivity index (χ0v) is 7.09. The highest BCUT2D eigenvalue weighted by Gasteiger charge is 2.07. The van der Waals surface area contributed by atoms with Crippen LogP contribution in [0.3, 0.4) is 0 Å². The Bertz CT molecular complexity index is 111. The van der Waals surface area contributed by atoms with Gasteiger partial charge in [-0.15, -0.1) is 0 Å². The molecule has 0 fully saturated rings. The van der Waals surface area contributed by atoms with Gasteiger partial charge in [0.2, 0.25) is 0 Å². The molecule has 0 aromatic heterocycles. The van der Waals surface area contributed by atoms with Crippen LogP contribution < -0.4 is 0 Å². The summed E-state index contributed by atoms with van der Waals surface area (Å²) in [5.74, 6) is 0. The van der Waals surface area contributed by atoms with E-state index in [1.54, 1.807) is 0 Å². The highest BCUT2D eigenvalue weighted by atomic mass is 15.1. The lowest BCUT2D eigenvalue weighted by Gasteiger charge is -2.23. The Morgan fingerprint density at radius 2 is 1.90 bits per heavy atom. The summed E-state index contributed by atoms with van der Waals surface area (Å²) in [5.41, 5.74) is 0. The van der Waals surface area contributed by atoms with Crippen molar-refractivity contribution in [1.82, 2.24) is 4.90 Å². The quantitative estimate of drug-likeness (QED) is 0.593. The van der Waals surface area contributed by atoms with Crippen molar-refractivity contribution < 1.29 is 0 Å². The third-order valence-corrected chi connectivity index (χ3v) is 1.82. The van der Waals surface area contributed by atoms with Crippen LogP contribution in [0.1, 0.15) is 27.2 Å². The largest absolute Gasteiger partial charge is 0.300 e. The monoisotopic (exact) mass is 140 g/mol. The van der Waals surface area contributed by atoms with Gasteiger partial charge in [-0.05, 0) is 20.0 Å². The molecule has 2 nitrogen and oxygen atoms in total. The summed E-state index contributed by atoms with van der Waals surface area (Å²) in [7, 11) is 0. The molecular weight excluding hydrogens is 124 g/mol. The highest BCUT2D eigenvalue weighted by Crippen LogP contribution is 2.00. The van der Waals surface area contributed by atoms with E-state index in [4.69, 9.17) is 5.26 Å². The van der Waals surface area contributed by atoms with Crippen LogP contribution in [0.4, 0.5) is 0 Å². The smallest absolute Gasteiger partial charge is 0.0638 e. The Morgan fingerprint density at radius 1 is 1.40 bits per heavy atom. The number of hydrogen-bond donors (Lipinski definition) is 0. The molecule has 0 saturated heterocycles. The van der Waals surface area contributed by atoms with Crippen LogP contribution >= 0.6 is 0 Å². The van der Waals surface area contributed by atoms with E-state index in [1.807, 2.05) is 0 Å². The van der Waals surface area contributed by atoms with Crippen LogP contribution in [-0.2, 0) is 0 Å². The summed E-state index contributed by atoms with van der Waals surface area (Å²) in [6, 6.07) is 2.59. The van der Waals surface area contributed by atoms with Gasteiger partial charge in [-0.3, -0.25) is 0 Å². The SMILES string of the molecule is CCN(CC)C(C)CC#N. The Balaban J connectivity index is 3.66. The summed E-state index contributed by atoms with van der Waals surface area (Å²) in [6.07, 6.45) is 0.641. The van der Waals surface area contributed by atoms with Gasteiger partial charge < -0.3 is 4.90 Å². The van der Waals surface area contributed by atoms with Crippen molar-refractivity contribution in [2.75, 3.05) is 13.1 Å². The molecule has 0 aliphatic rings. The third kappa shape index (κ3) is 2.84. The average molecular weight is 140 g/mol.